The van der Waals surface area contributed by atoms with Crippen molar-refractivity contribution in [1.82, 2.24) is 4.31 Å². The van der Waals surface area contributed by atoms with E-state index in [1.54, 1.807) is 36.0 Å². The van der Waals surface area contributed by atoms with E-state index in [1.165, 1.54) is 9.87 Å². The van der Waals surface area contributed by atoms with Gasteiger partial charge in [-0.05, 0) is 48.7 Å². The van der Waals surface area contributed by atoms with Crippen LogP contribution in [0.3, 0.4) is 0 Å². The smallest absolute Gasteiger partial charge is 0.291 e. The zero-order valence-electron chi connectivity index (χ0n) is 19.9. The summed E-state index contributed by atoms with van der Waals surface area (Å²) < 4.78 is 33.3. The summed E-state index contributed by atoms with van der Waals surface area (Å²) in [5.74, 6) is 1.38. The molecule has 5 rings (SSSR count). The fraction of sp³-hybridized carbons (Fsp3) is 0.250. The number of carbonyl (C=O) groups is 1. The summed E-state index contributed by atoms with van der Waals surface area (Å²) in [6.07, 6.45) is 2.83. The number of benzene rings is 3. The highest BCUT2D eigenvalue weighted by Gasteiger charge is 2.26. The molecule has 2 heterocycles. The molecule has 6 nitrogen and oxygen atoms in total. The first kappa shape index (κ1) is 24.6. The van der Waals surface area contributed by atoms with Gasteiger partial charge >= 0.3 is 0 Å². The van der Waals surface area contributed by atoms with Crippen LogP contribution >= 0.6 is 11.8 Å². The molecule has 1 aromatic heterocycles. The molecule has 0 unspecified atom stereocenters. The van der Waals surface area contributed by atoms with Crippen molar-refractivity contribution in [3.05, 3.63) is 95.7 Å². The van der Waals surface area contributed by atoms with E-state index < -0.39 is 10.0 Å². The van der Waals surface area contributed by atoms with E-state index in [1.807, 2.05) is 42.5 Å². The minimum absolute atomic E-state index is 0.240. The molecule has 1 aliphatic rings. The van der Waals surface area contributed by atoms with Crippen molar-refractivity contribution in [2.45, 2.75) is 35.7 Å². The third kappa shape index (κ3) is 5.36. The number of para-hydroxylation sites is 1. The first-order valence-electron chi connectivity index (χ1n) is 12.1. The van der Waals surface area contributed by atoms with Gasteiger partial charge in [-0.3, -0.25) is 4.79 Å². The van der Waals surface area contributed by atoms with E-state index in [0.717, 1.165) is 36.0 Å². The molecule has 1 fully saturated rings. The molecule has 0 saturated carbocycles. The van der Waals surface area contributed by atoms with Crippen LogP contribution in [0.1, 0.15) is 40.9 Å². The zero-order valence-corrected chi connectivity index (χ0v) is 21.5. The fourth-order valence-electron chi connectivity index (χ4n) is 4.42. The van der Waals surface area contributed by atoms with Gasteiger partial charge in [-0.15, -0.1) is 0 Å². The van der Waals surface area contributed by atoms with Crippen molar-refractivity contribution in [2.24, 2.45) is 0 Å². The van der Waals surface area contributed by atoms with E-state index in [9.17, 15) is 13.2 Å². The predicted molar refractivity (Wildman–Crippen MR) is 145 cm³/mol. The molecule has 0 radical (unpaired) electrons. The average Bonchev–Trinajstić information content (AvgIpc) is 3.29. The van der Waals surface area contributed by atoms with Gasteiger partial charge in [0.25, 0.3) is 5.91 Å². The summed E-state index contributed by atoms with van der Waals surface area (Å²) in [6.45, 7) is 1.11. The van der Waals surface area contributed by atoms with Gasteiger partial charge in [-0.2, -0.15) is 16.1 Å². The maximum Gasteiger partial charge on any atom is 0.291 e. The Kier molecular flexibility index (Phi) is 7.46. The monoisotopic (exact) mass is 520 g/mol. The second-order valence-electron chi connectivity index (χ2n) is 8.83. The molecular formula is C28H28N2O4S2. The van der Waals surface area contributed by atoms with Crippen molar-refractivity contribution in [3.8, 4) is 0 Å². The van der Waals surface area contributed by atoms with Gasteiger partial charge in [0.05, 0.1) is 4.90 Å². The first-order valence-corrected chi connectivity index (χ1v) is 14.7. The van der Waals surface area contributed by atoms with Crippen LogP contribution in [0.25, 0.3) is 11.0 Å². The van der Waals surface area contributed by atoms with Crippen LogP contribution in [0, 0.1) is 0 Å². The highest BCUT2D eigenvalue weighted by Crippen LogP contribution is 2.31. The van der Waals surface area contributed by atoms with Crippen LogP contribution < -0.4 is 5.32 Å². The Balaban J connectivity index is 1.32. The number of thioether (sulfide) groups is 1. The number of amides is 1. The van der Waals surface area contributed by atoms with Crippen molar-refractivity contribution in [2.75, 3.05) is 18.4 Å². The van der Waals surface area contributed by atoms with Gasteiger partial charge < -0.3 is 9.73 Å². The number of fused-ring (bicyclic) bond motifs is 1. The number of rotatable bonds is 8. The second kappa shape index (κ2) is 10.9. The molecule has 3 aromatic carbocycles. The van der Waals surface area contributed by atoms with E-state index in [4.69, 9.17) is 4.42 Å². The van der Waals surface area contributed by atoms with E-state index in [0.29, 0.717) is 30.1 Å². The summed E-state index contributed by atoms with van der Waals surface area (Å²) in [5.41, 5.74) is 3.26. The van der Waals surface area contributed by atoms with Crippen LogP contribution in [0.15, 0.2) is 88.2 Å². The quantitative estimate of drug-likeness (QED) is 0.295. The fourth-order valence-corrected chi connectivity index (χ4v) is 6.96. The van der Waals surface area contributed by atoms with E-state index >= 15 is 0 Å². The zero-order chi connectivity index (χ0) is 25.0. The van der Waals surface area contributed by atoms with Crippen LogP contribution in [-0.4, -0.2) is 31.7 Å². The van der Waals surface area contributed by atoms with Gasteiger partial charge in [-0.25, -0.2) is 8.42 Å². The molecule has 1 aliphatic heterocycles. The molecule has 186 valence electrons. The topological polar surface area (TPSA) is 79.6 Å². The second-order valence-corrected chi connectivity index (χ2v) is 11.8. The Hall–Kier alpha value is -3.07. The van der Waals surface area contributed by atoms with Crippen LogP contribution in [0.5, 0.6) is 0 Å². The maximum atomic E-state index is 13.2. The molecule has 8 heteroatoms. The lowest BCUT2D eigenvalue weighted by Gasteiger charge is -2.25. The molecule has 0 aliphatic carbocycles. The van der Waals surface area contributed by atoms with Crippen molar-refractivity contribution < 1.29 is 17.6 Å². The Labute approximate surface area is 215 Å². The van der Waals surface area contributed by atoms with Crippen molar-refractivity contribution >= 4 is 44.3 Å². The summed E-state index contributed by atoms with van der Waals surface area (Å²) in [5, 5.41) is 3.80. The number of piperidine rings is 1. The lowest BCUT2D eigenvalue weighted by Crippen LogP contribution is -2.35. The SMILES string of the molecule is O=C(Nc1ccc(S(=O)(=O)N2CCCCC2)cc1)c1oc2ccccc2c1CSCc1ccccc1. The number of hydrogen-bond acceptors (Lipinski definition) is 5. The number of sulfonamides is 1. The number of carbonyl (C=O) groups excluding carboxylic acids is 1. The Morgan fingerprint density at radius 2 is 1.56 bits per heavy atom. The number of furan rings is 1. The van der Waals surface area contributed by atoms with Crippen molar-refractivity contribution in [1.29, 1.82) is 0 Å². The lowest BCUT2D eigenvalue weighted by molar-refractivity contribution is 0.0998. The highest BCUT2D eigenvalue weighted by atomic mass is 32.2. The highest BCUT2D eigenvalue weighted by molar-refractivity contribution is 7.97. The van der Waals surface area contributed by atoms with Gasteiger partial charge in [0.1, 0.15) is 5.58 Å². The number of nitrogens with zero attached hydrogens (tertiary/aromatic N) is 1. The minimum Gasteiger partial charge on any atom is -0.451 e. The molecule has 0 bridgehead atoms. The molecule has 4 aromatic rings. The van der Waals surface area contributed by atoms with Crippen LogP contribution in [0.4, 0.5) is 5.69 Å². The molecule has 0 spiro atoms. The standard InChI is InChI=1S/C28H28N2O4S2/c31-28(29-22-13-15-23(16-14-22)36(32,33)30-17-7-2-8-18-30)27-25(24-11-5-6-12-26(24)34-27)20-35-19-21-9-3-1-4-10-21/h1,3-6,9-16H,2,7-8,17-20H2,(H,29,31). The van der Waals surface area contributed by atoms with E-state index in [-0.39, 0.29) is 16.6 Å². The molecule has 36 heavy (non-hydrogen) atoms. The largest absolute Gasteiger partial charge is 0.451 e. The number of nitrogens with one attached hydrogen (secondary N) is 1. The van der Waals surface area contributed by atoms with Crippen LogP contribution in [0.2, 0.25) is 0 Å². The number of anilines is 1. The Morgan fingerprint density at radius 3 is 2.31 bits per heavy atom. The maximum absolute atomic E-state index is 13.2. The van der Waals surface area contributed by atoms with Gasteiger partial charge in [0.2, 0.25) is 10.0 Å². The first-order chi connectivity index (χ1) is 17.5. The minimum atomic E-state index is -3.52. The van der Waals surface area contributed by atoms with Crippen molar-refractivity contribution in [3.63, 3.8) is 0 Å². The summed E-state index contributed by atoms with van der Waals surface area (Å²) in [4.78, 5) is 13.5. The Morgan fingerprint density at radius 1 is 0.861 bits per heavy atom. The van der Waals surface area contributed by atoms with E-state index in [2.05, 4.69) is 17.4 Å². The molecule has 1 saturated heterocycles. The third-order valence-corrected chi connectivity index (χ3v) is 9.27. The third-order valence-electron chi connectivity index (χ3n) is 6.33. The van der Waals surface area contributed by atoms with Gasteiger partial charge in [0, 0.05) is 41.2 Å². The Bertz CT molecular complexity index is 1440. The normalized spacial score (nSPS) is 14.7. The molecule has 0 atom stereocenters. The van der Waals surface area contributed by atoms with Gasteiger partial charge in [0.15, 0.2) is 5.76 Å². The molecule has 1 amide bonds. The average molecular weight is 521 g/mol. The predicted octanol–water partition coefficient (Wildman–Crippen LogP) is 6.29. The lowest BCUT2D eigenvalue weighted by atomic mass is 10.1. The number of hydrogen-bond donors (Lipinski definition) is 1. The summed E-state index contributed by atoms with van der Waals surface area (Å²) in [7, 11) is -3.52. The molecular weight excluding hydrogens is 492 g/mol. The summed E-state index contributed by atoms with van der Waals surface area (Å²) >= 11 is 1.72. The summed E-state index contributed by atoms with van der Waals surface area (Å²) in [6, 6.07) is 24.2. The van der Waals surface area contributed by atoms with Crippen LogP contribution in [-0.2, 0) is 21.5 Å². The molecule has 1 N–H and O–H groups in total. The van der Waals surface area contributed by atoms with Gasteiger partial charge in [-0.1, -0.05) is 55.0 Å².